The highest BCUT2D eigenvalue weighted by Gasteiger charge is 2.31. The predicted molar refractivity (Wildman–Crippen MR) is 156 cm³/mol. The highest BCUT2D eigenvalue weighted by Crippen LogP contribution is 2.39. The van der Waals surface area contributed by atoms with E-state index in [0.717, 1.165) is 103 Å². The lowest BCUT2D eigenvalue weighted by Gasteiger charge is -2.21. The Kier molecular flexibility index (Phi) is 8.25. The summed E-state index contributed by atoms with van der Waals surface area (Å²) in [4.78, 5) is 23.9. The van der Waals surface area contributed by atoms with Gasteiger partial charge < -0.3 is 23.0 Å². The first-order chi connectivity index (χ1) is 20.9. The molecular formula is C32H38N4O7. The first kappa shape index (κ1) is 29.0. The maximum atomic E-state index is 12.1. The van der Waals surface area contributed by atoms with E-state index in [2.05, 4.69) is 21.1 Å². The first-order valence-corrected chi connectivity index (χ1v) is 15.1. The monoisotopic (exact) mass is 590 g/mol. The van der Waals surface area contributed by atoms with Crippen molar-refractivity contribution in [3.05, 3.63) is 57.7 Å². The third-order valence-corrected chi connectivity index (χ3v) is 8.43. The van der Waals surface area contributed by atoms with E-state index in [-0.39, 0.29) is 0 Å². The minimum absolute atomic E-state index is 0.310. The Bertz CT molecular complexity index is 1630. The van der Waals surface area contributed by atoms with Gasteiger partial charge >= 0.3 is 11.9 Å². The second kappa shape index (κ2) is 12.2. The summed E-state index contributed by atoms with van der Waals surface area (Å²) in [5.74, 6) is 2.15. The van der Waals surface area contributed by atoms with Gasteiger partial charge in [0.15, 0.2) is 0 Å². The molecule has 1 saturated heterocycles. The van der Waals surface area contributed by atoms with Crippen LogP contribution in [0.4, 0.5) is 0 Å². The lowest BCUT2D eigenvalue weighted by molar-refractivity contribution is 0.0478. The molecule has 0 unspecified atom stereocenters. The number of furan rings is 2. The van der Waals surface area contributed by atoms with Crippen molar-refractivity contribution in [1.29, 1.82) is 0 Å². The number of rotatable bonds is 6. The number of hydrogen-bond acceptors (Lipinski definition) is 9. The van der Waals surface area contributed by atoms with Gasteiger partial charge in [-0.25, -0.2) is 9.59 Å². The van der Waals surface area contributed by atoms with Gasteiger partial charge in [0.1, 0.15) is 11.5 Å². The molecule has 1 N–H and O–H groups in total. The SMILES string of the molecule is CCOC(=O)c1oc2c(c1C)-c1[nH]ncc1CC2.CCOC(=O)c1oc2c(c1C)-c1nn(CC3CCOCC3)cc1CC2. The number of aromatic amines is 1. The van der Waals surface area contributed by atoms with Gasteiger partial charge in [-0.05, 0) is 70.4 Å². The number of fused-ring (bicyclic) bond motifs is 6. The van der Waals surface area contributed by atoms with Crippen molar-refractivity contribution < 1.29 is 32.6 Å². The summed E-state index contributed by atoms with van der Waals surface area (Å²) < 4.78 is 29.1. The number of ether oxygens (including phenoxy) is 3. The summed E-state index contributed by atoms with van der Waals surface area (Å²) in [6, 6.07) is 0. The molecule has 7 rings (SSSR count). The van der Waals surface area contributed by atoms with E-state index in [1.54, 1.807) is 13.8 Å². The van der Waals surface area contributed by atoms with Crippen LogP contribution in [0.25, 0.3) is 22.5 Å². The average Bonchev–Trinajstić information content (AvgIpc) is 3.78. The summed E-state index contributed by atoms with van der Waals surface area (Å²) in [5.41, 5.74) is 7.95. The number of nitrogens with one attached hydrogen (secondary N) is 1. The topological polar surface area (TPSA) is 135 Å². The van der Waals surface area contributed by atoms with Crippen LogP contribution in [0.5, 0.6) is 0 Å². The highest BCUT2D eigenvalue weighted by molar-refractivity contribution is 5.92. The summed E-state index contributed by atoms with van der Waals surface area (Å²) in [6.07, 6.45) is 9.53. The fourth-order valence-electron chi connectivity index (χ4n) is 6.27. The van der Waals surface area contributed by atoms with E-state index in [1.807, 2.05) is 20.0 Å². The summed E-state index contributed by atoms with van der Waals surface area (Å²) in [5, 5.41) is 11.9. The minimum atomic E-state index is -0.398. The number of carbonyl (C=O) groups is 2. The molecule has 0 radical (unpaired) electrons. The van der Waals surface area contributed by atoms with Crippen LogP contribution >= 0.6 is 0 Å². The number of aromatic nitrogens is 4. The number of H-pyrrole nitrogens is 1. The molecule has 0 amide bonds. The van der Waals surface area contributed by atoms with Crippen molar-refractivity contribution in [3.63, 3.8) is 0 Å². The second-order valence-corrected chi connectivity index (χ2v) is 11.2. The molecule has 1 aliphatic heterocycles. The van der Waals surface area contributed by atoms with Crippen molar-refractivity contribution in [2.24, 2.45) is 5.92 Å². The van der Waals surface area contributed by atoms with Gasteiger partial charge in [0.25, 0.3) is 0 Å². The third kappa shape index (κ3) is 5.53. The molecule has 43 heavy (non-hydrogen) atoms. The van der Waals surface area contributed by atoms with Crippen LogP contribution in [-0.2, 0) is 46.4 Å². The molecule has 4 aromatic rings. The Morgan fingerprint density at radius 1 is 0.907 bits per heavy atom. The molecule has 0 aromatic carbocycles. The van der Waals surface area contributed by atoms with Crippen LogP contribution in [0, 0.1) is 19.8 Å². The van der Waals surface area contributed by atoms with E-state index in [0.29, 0.717) is 30.7 Å². The number of carbonyl (C=O) groups excluding carboxylic acids is 2. The molecule has 0 saturated carbocycles. The van der Waals surface area contributed by atoms with Crippen molar-refractivity contribution in [2.45, 2.75) is 72.8 Å². The molecule has 0 spiro atoms. The average molecular weight is 591 g/mol. The standard InChI is InChI=1S/C19H24N2O4.C13H14N2O3/c1-3-24-19(22)18-12(2)16-15(25-18)5-4-14-11-21(20-17(14)16)10-13-6-8-23-9-7-13;1-3-17-13(16)12-7(2)10-9(18-12)5-4-8-6-14-15-11(8)10/h11,13H,3-10H2,1-2H3;6H,3-5H2,1-2H3,(H,14,15). The number of hydrogen-bond donors (Lipinski definition) is 1. The van der Waals surface area contributed by atoms with Gasteiger partial charge in [-0.15, -0.1) is 0 Å². The van der Waals surface area contributed by atoms with Crippen molar-refractivity contribution in [3.8, 4) is 22.5 Å². The Hall–Kier alpha value is -4.12. The molecule has 4 aromatic heterocycles. The first-order valence-electron chi connectivity index (χ1n) is 15.1. The van der Waals surface area contributed by atoms with Crippen LogP contribution in [-0.4, -0.2) is 58.3 Å². The number of nitrogens with zero attached hydrogens (tertiary/aromatic N) is 3. The zero-order valence-corrected chi connectivity index (χ0v) is 25.2. The lowest BCUT2D eigenvalue weighted by Crippen LogP contribution is -2.20. The molecule has 1 fully saturated rings. The normalized spacial score (nSPS) is 15.4. The Labute approximate surface area is 249 Å². The Morgan fingerprint density at radius 3 is 2.16 bits per heavy atom. The van der Waals surface area contributed by atoms with Gasteiger partial charge in [0.2, 0.25) is 11.5 Å². The maximum Gasteiger partial charge on any atom is 0.374 e. The summed E-state index contributed by atoms with van der Waals surface area (Å²) in [6.45, 7) is 10.7. The molecule has 2 aliphatic carbocycles. The zero-order chi connectivity index (χ0) is 30.1. The Morgan fingerprint density at radius 2 is 1.51 bits per heavy atom. The van der Waals surface area contributed by atoms with Crippen LogP contribution in [0.1, 0.15) is 81.6 Å². The van der Waals surface area contributed by atoms with E-state index >= 15 is 0 Å². The van der Waals surface area contributed by atoms with Gasteiger partial charge in [0.05, 0.1) is 30.8 Å². The molecule has 0 atom stereocenters. The lowest BCUT2D eigenvalue weighted by atomic mass is 9.94. The van der Waals surface area contributed by atoms with Crippen LogP contribution in [0.2, 0.25) is 0 Å². The fourth-order valence-corrected chi connectivity index (χ4v) is 6.27. The fraction of sp³-hybridized carbons (Fsp3) is 0.500. The summed E-state index contributed by atoms with van der Waals surface area (Å²) in [7, 11) is 0. The Balaban J connectivity index is 0.000000162. The van der Waals surface area contributed by atoms with Crippen molar-refractivity contribution in [1.82, 2.24) is 20.0 Å². The van der Waals surface area contributed by atoms with Gasteiger partial charge in [-0.2, -0.15) is 10.2 Å². The number of aryl methyl sites for hydroxylation is 4. The van der Waals surface area contributed by atoms with Crippen LogP contribution < -0.4 is 0 Å². The van der Waals surface area contributed by atoms with Crippen LogP contribution in [0.15, 0.2) is 21.2 Å². The van der Waals surface area contributed by atoms with E-state index in [1.165, 1.54) is 11.1 Å². The molecule has 228 valence electrons. The molecule has 5 heterocycles. The number of esters is 2. The maximum absolute atomic E-state index is 12.1. The quantitative estimate of drug-likeness (QED) is 0.293. The molecule has 11 nitrogen and oxygen atoms in total. The highest BCUT2D eigenvalue weighted by atomic mass is 16.5. The largest absolute Gasteiger partial charge is 0.460 e. The second-order valence-electron chi connectivity index (χ2n) is 11.2. The van der Waals surface area contributed by atoms with Gasteiger partial charge in [-0.1, -0.05) is 0 Å². The molecule has 0 bridgehead atoms. The minimum Gasteiger partial charge on any atom is -0.460 e. The summed E-state index contributed by atoms with van der Waals surface area (Å²) >= 11 is 0. The van der Waals surface area contributed by atoms with Gasteiger partial charge in [0, 0.05) is 61.1 Å². The van der Waals surface area contributed by atoms with Crippen molar-refractivity contribution >= 4 is 11.9 Å². The molecule has 3 aliphatic rings. The van der Waals surface area contributed by atoms with Crippen molar-refractivity contribution in [2.75, 3.05) is 26.4 Å². The predicted octanol–water partition coefficient (Wildman–Crippen LogP) is 5.41. The van der Waals surface area contributed by atoms with E-state index < -0.39 is 11.9 Å². The smallest absolute Gasteiger partial charge is 0.374 e. The van der Waals surface area contributed by atoms with E-state index in [9.17, 15) is 9.59 Å². The van der Waals surface area contributed by atoms with Crippen LogP contribution in [0.3, 0.4) is 0 Å². The van der Waals surface area contributed by atoms with E-state index in [4.69, 9.17) is 28.1 Å². The van der Waals surface area contributed by atoms with Gasteiger partial charge in [-0.3, -0.25) is 9.78 Å². The third-order valence-electron chi connectivity index (χ3n) is 8.43. The molecular weight excluding hydrogens is 552 g/mol. The zero-order valence-electron chi connectivity index (χ0n) is 25.2. The molecule has 11 heteroatoms.